The Bertz CT molecular complexity index is 28.4. The molecule has 0 saturated carbocycles. The Balaban J connectivity index is -0.0000000200. The zero-order chi connectivity index (χ0) is 2.71. The normalized spacial score (nSPS) is 1.60. The first-order chi connectivity index (χ1) is 1.41. The third-order valence-electron chi connectivity index (χ3n) is 0. The van der Waals surface area contributed by atoms with E-state index >= 15 is 0 Å². The van der Waals surface area contributed by atoms with Gasteiger partial charge in [-0.3, -0.25) is 0 Å². The molecule has 0 aromatic rings. The second-order valence-electron chi connectivity index (χ2n) is 0.250. The van der Waals surface area contributed by atoms with Crippen molar-refractivity contribution in [2.75, 3.05) is 0 Å². The fourth-order valence-corrected chi connectivity index (χ4v) is 0. The van der Waals surface area contributed by atoms with Crippen molar-refractivity contribution in [3.8, 4) is 5.92 Å². The summed E-state index contributed by atoms with van der Waals surface area (Å²) in [6, 6.07) is 0. The minimum absolute atomic E-state index is 0. The van der Waals surface area contributed by atoms with Crippen molar-refractivity contribution in [3.05, 3.63) is 6.42 Å². The summed E-state index contributed by atoms with van der Waals surface area (Å²) in [6.07, 6.45) is 5.96. The van der Waals surface area contributed by atoms with Gasteiger partial charge in [0.05, 0.1) is 0 Å². The Morgan fingerprint density at radius 3 is 1.60 bits per heavy atom. The van der Waals surface area contributed by atoms with Crippen molar-refractivity contribution in [2.45, 2.75) is 6.92 Å². The molecule has 0 aliphatic rings. The summed E-state index contributed by atoms with van der Waals surface area (Å²) in [4.78, 5) is 0. The van der Waals surface area contributed by atoms with Crippen LogP contribution in [0.25, 0.3) is 0 Å². The molecule has 2 heteroatoms. The summed E-state index contributed by atoms with van der Waals surface area (Å²) in [5.41, 5.74) is 0. The predicted molar refractivity (Wildman–Crippen MR) is 18.6 cm³/mol. The average molecular weight is 98.8 g/mol. The second kappa shape index (κ2) is 23.1. The molecule has 0 unspecified atom stereocenters. The van der Waals surface area contributed by atoms with Crippen LogP contribution in [-0.2, 0) is 0 Å². The van der Waals surface area contributed by atoms with Crippen LogP contribution in [0.2, 0.25) is 0 Å². The van der Waals surface area contributed by atoms with Crippen molar-refractivity contribution >= 4 is 23.1 Å². The third kappa shape index (κ3) is 83.2. The molecular formula is C3H3ClMg. The van der Waals surface area contributed by atoms with E-state index in [1.165, 1.54) is 0 Å². The first kappa shape index (κ1) is 17.5. The molecule has 0 aromatic carbocycles. The van der Waals surface area contributed by atoms with Crippen molar-refractivity contribution in [2.24, 2.45) is 0 Å². The van der Waals surface area contributed by atoms with Gasteiger partial charge in [-0.15, -0.1) is 0 Å². The fourth-order valence-electron chi connectivity index (χ4n) is 0. The Hall–Kier alpha value is 0.616. The minimum Gasteiger partial charge on any atom is -1.00 e. The summed E-state index contributed by atoms with van der Waals surface area (Å²) < 4.78 is 0. The van der Waals surface area contributed by atoms with Gasteiger partial charge in [0, 0.05) is 0 Å². The first-order valence-corrected chi connectivity index (χ1v) is 0.750. The van der Waals surface area contributed by atoms with Gasteiger partial charge in [0.1, 0.15) is 0 Å². The summed E-state index contributed by atoms with van der Waals surface area (Å²) in [5.74, 6) is 2.00. The van der Waals surface area contributed by atoms with Crippen LogP contribution >= 0.6 is 0 Å². The number of hydrogen-bond acceptors (Lipinski definition) is 0. The minimum atomic E-state index is 0. The van der Waals surface area contributed by atoms with Crippen molar-refractivity contribution < 1.29 is 12.4 Å². The molecule has 0 N–H and O–H groups in total. The smallest absolute Gasteiger partial charge is 1.00 e. The summed E-state index contributed by atoms with van der Waals surface area (Å²) in [7, 11) is 0. The van der Waals surface area contributed by atoms with Crippen LogP contribution in [0.1, 0.15) is 6.92 Å². The molecule has 0 atom stereocenters. The van der Waals surface area contributed by atoms with Crippen LogP contribution in [0.15, 0.2) is 0 Å². The maximum atomic E-state index is 5.96. The largest absolute Gasteiger partial charge is 2.00 e. The zero-order valence-corrected chi connectivity index (χ0v) is 5.26. The second-order valence-corrected chi connectivity index (χ2v) is 0.250. The molecular weight excluding hydrogens is 95.8 g/mol. The maximum Gasteiger partial charge on any atom is 2.00 e. The molecule has 0 saturated heterocycles. The van der Waals surface area contributed by atoms with Gasteiger partial charge < -0.3 is 24.8 Å². The quantitative estimate of drug-likeness (QED) is 0.175. The molecule has 5 heavy (non-hydrogen) atoms. The first-order valence-electron chi connectivity index (χ1n) is 0.750. The topological polar surface area (TPSA) is 0 Å². The van der Waals surface area contributed by atoms with Gasteiger partial charge in [0.25, 0.3) is 0 Å². The van der Waals surface area contributed by atoms with E-state index in [0.29, 0.717) is 0 Å². The fraction of sp³-hybridized carbons (Fsp3) is 0.333. The van der Waals surface area contributed by atoms with Crippen LogP contribution in [0, 0.1) is 12.3 Å². The zero-order valence-electron chi connectivity index (χ0n) is 3.09. The van der Waals surface area contributed by atoms with Gasteiger partial charge >= 0.3 is 23.1 Å². The van der Waals surface area contributed by atoms with E-state index in [9.17, 15) is 0 Å². The SMILES string of the molecule is [C-]#CC.[Cl-].[Mg+2]. The Labute approximate surface area is 54.9 Å². The van der Waals surface area contributed by atoms with Gasteiger partial charge in [0.2, 0.25) is 0 Å². The molecule has 0 aliphatic heterocycles. The van der Waals surface area contributed by atoms with Crippen LogP contribution in [0.3, 0.4) is 0 Å². The molecule has 0 aliphatic carbocycles. The molecule has 0 rings (SSSR count). The van der Waals surface area contributed by atoms with E-state index in [-0.39, 0.29) is 35.5 Å². The summed E-state index contributed by atoms with van der Waals surface area (Å²) in [6.45, 7) is 1.54. The van der Waals surface area contributed by atoms with Crippen LogP contribution in [-0.4, -0.2) is 23.1 Å². The molecule has 24 valence electrons. The summed E-state index contributed by atoms with van der Waals surface area (Å²) >= 11 is 0. The van der Waals surface area contributed by atoms with Gasteiger partial charge in [-0.05, 0) is 6.92 Å². The van der Waals surface area contributed by atoms with Crippen LogP contribution in [0.4, 0.5) is 0 Å². The number of rotatable bonds is 0. The molecule has 0 radical (unpaired) electrons. The van der Waals surface area contributed by atoms with Gasteiger partial charge in [-0.25, -0.2) is 0 Å². The molecule has 0 nitrogen and oxygen atoms in total. The van der Waals surface area contributed by atoms with E-state index in [0.717, 1.165) is 0 Å². The van der Waals surface area contributed by atoms with Crippen LogP contribution in [0.5, 0.6) is 0 Å². The Morgan fingerprint density at radius 2 is 1.60 bits per heavy atom. The van der Waals surface area contributed by atoms with Crippen molar-refractivity contribution in [1.82, 2.24) is 0 Å². The molecule has 0 fully saturated rings. The van der Waals surface area contributed by atoms with Crippen LogP contribution < -0.4 is 12.4 Å². The average Bonchev–Trinajstić information content (AvgIpc) is 0.918. The number of halogens is 1. The van der Waals surface area contributed by atoms with Gasteiger partial charge in [-0.2, -0.15) is 0 Å². The van der Waals surface area contributed by atoms with E-state index in [1.807, 2.05) is 5.92 Å². The summed E-state index contributed by atoms with van der Waals surface area (Å²) in [5, 5.41) is 0. The predicted octanol–water partition coefficient (Wildman–Crippen LogP) is -2.78. The molecule has 0 spiro atoms. The molecule has 0 amide bonds. The van der Waals surface area contributed by atoms with E-state index in [4.69, 9.17) is 6.42 Å². The Kier molecular flexibility index (Phi) is 80.8. The number of hydrogen-bond donors (Lipinski definition) is 0. The van der Waals surface area contributed by atoms with Gasteiger partial charge in [-0.1, -0.05) is 0 Å². The molecule has 0 heterocycles. The Morgan fingerprint density at radius 1 is 1.60 bits per heavy atom. The standard InChI is InChI=1S/C3H3.ClH.Mg/c1-3-2;;/h1H3;1H;/q-1;;+2/p-1. The van der Waals surface area contributed by atoms with Crippen molar-refractivity contribution in [3.63, 3.8) is 0 Å². The maximum absolute atomic E-state index is 5.96. The monoisotopic (exact) mass is 98.0 g/mol. The molecule has 0 bridgehead atoms. The third-order valence-corrected chi connectivity index (χ3v) is 0. The van der Waals surface area contributed by atoms with Gasteiger partial charge in [0.15, 0.2) is 0 Å². The molecule has 0 aromatic heterocycles. The van der Waals surface area contributed by atoms with E-state index in [2.05, 4.69) is 0 Å². The van der Waals surface area contributed by atoms with Crippen molar-refractivity contribution in [1.29, 1.82) is 0 Å². The van der Waals surface area contributed by atoms with E-state index < -0.39 is 0 Å². The van der Waals surface area contributed by atoms with E-state index in [1.54, 1.807) is 6.92 Å².